The molecule has 7 heteroatoms. The van der Waals surface area contributed by atoms with Crippen LogP contribution in [0.25, 0.3) is 0 Å². The lowest BCUT2D eigenvalue weighted by Gasteiger charge is -2.18. The number of hydrogen-bond donors (Lipinski definition) is 3. The van der Waals surface area contributed by atoms with Gasteiger partial charge in [0.15, 0.2) is 0 Å². The van der Waals surface area contributed by atoms with Crippen LogP contribution in [0.15, 0.2) is 24.3 Å². The molecule has 122 valence electrons. The number of amides is 2. The summed E-state index contributed by atoms with van der Waals surface area (Å²) in [5, 5.41) is 13.7. The maximum atomic E-state index is 11.4. The van der Waals surface area contributed by atoms with Crippen LogP contribution in [-0.4, -0.2) is 50.0 Å². The van der Waals surface area contributed by atoms with Gasteiger partial charge in [-0.2, -0.15) is 0 Å². The highest BCUT2D eigenvalue weighted by Crippen LogP contribution is 2.12. The number of hydrogen-bond acceptors (Lipinski definition) is 5. The minimum absolute atomic E-state index is 0.0445. The van der Waals surface area contributed by atoms with Crippen LogP contribution < -0.4 is 15.4 Å². The summed E-state index contributed by atoms with van der Waals surface area (Å²) in [7, 11) is 1.59. The van der Waals surface area contributed by atoms with E-state index in [0.717, 1.165) is 11.3 Å². The molecule has 0 heterocycles. The van der Waals surface area contributed by atoms with E-state index in [-0.39, 0.29) is 31.7 Å². The minimum Gasteiger partial charge on any atom is -0.497 e. The Balaban J connectivity index is 2.55. The van der Waals surface area contributed by atoms with Gasteiger partial charge in [0, 0.05) is 13.5 Å². The molecular weight excluding hydrogens is 288 g/mol. The van der Waals surface area contributed by atoms with E-state index in [1.54, 1.807) is 7.11 Å². The number of carbonyl (C=O) groups excluding carboxylic acids is 2. The number of ether oxygens (including phenoxy) is 2. The molecule has 1 atom stereocenters. The second-order valence-electron chi connectivity index (χ2n) is 4.70. The Morgan fingerprint density at radius 3 is 2.50 bits per heavy atom. The van der Waals surface area contributed by atoms with Gasteiger partial charge in [-0.25, -0.2) is 4.79 Å². The number of aliphatic hydroxyl groups is 1. The van der Waals surface area contributed by atoms with Gasteiger partial charge in [0.2, 0.25) is 5.91 Å². The maximum absolute atomic E-state index is 11.4. The normalized spacial score (nSPS) is 11.4. The van der Waals surface area contributed by atoms with Crippen molar-refractivity contribution in [1.82, 2.24) is 10.6 Å². The number of rotatable bonds is 8. The van der Waals surface area contributed by atoms with Gasteiger partial charge in [0.1, 0.15) is 12.4 Å². The smallest absolute Gasteiger partial charge is 0.407 e. The summed E-state index contributed by atoms with van der Waals surface area (Å²) >= 11 is 0. The molecule has 0 aromatic heterocycles. The third kappa shape index (κ3) is 6.94. The van der Waals surface area contributed by atoms with E-state index in [0.29, 0.717) is 6.42 Å². The molecule has 0 aliphatic carbocycles. The molecule has 1 aromatic carbocycles. The Morgan fingerprint density at radius 1 is 1.27 bits per heavy atom. The van der Waals surface area contributed by atoms with Gasteiger partial charge in [0.25, 0.3) is 0 Å². The third-order valence-electron chi connectivity index (χ3n) is 2.85. The number of aliphatic hydroxyl groups excluding tert-OH is 1. The van der Waals surface area contributed by atoms with Crippen molar-refractivity contribution in [2.24, 2.45) is 0 Å². The standard InChI is InChI=1S/C15H22N2O5/c1-11(19)17-13(10-22-15(20)16-7-8-18)9-12-3-5-14(21-2)6-4-12/h3-6,13,18H,7-10H2,1-2H3,(H,16,20)(H,17,19). The van der Waals surface area contributed by atoms with Crippen molar-refractivity contribution in [2.75, 3.05) is 26.9 Å². The van der Waals surface area contributed by atoms with Crippen LogP contribution in [0.1, 0.15) is 12.5 Å². The summed E-state index contributed by atoms with van der Waals surface area (Å²) in [5.41, 5.74) is 0.985. The molecule has 0 aliphatic rings. The molecular formula is C15H22N2O5. The van der Waals surface area contributed by atoms with Gasteiger partial charge in [-0.3, -0.25) is 4.79 Å². The maximum Gasteiger partial charge on any atom is 0.407 e. The highest BCUT2D eigenvalue weighted by Gasteiger charge is 2.14. The summed E-state index contributed by atoms with van der Waals surface area (Å²) < 4.78 is 10.1. The average Bonchev–Trinajstić information content (AvgIpc) is 2.50. The van der Waals surface area contributed by atoms with Gasteiger partial charge in [0.05, 0.1) is 19.8 Å². The third-order valence-corrected chi connectivity index (χ3v) is 2.85. The largest absolute Gasteiger partial charge is 0.497 e. The SMILES string of the molecule is COc1ccc(CC(COC(=O)NCCO)NC(C)=O)cc1. The van der Waals surface area contributed by atoms with Crippen molar-refractivity contribution in [3.05, 3.63) is 29.8 Å². The Kier molecular flexibility index (Phi) is 7.77. The van der Waals surface area contributed by atoms with E-state index >= 15 is 0 Å². The van der Waals surface area contributed by atoms with Crippen molar-refractivity contribution >= 4 is 12.0 Å². The molecule has 0 spiro atoms. The lowest BCUT2D eigenvalue weighted by molar-refractivity contribution is -0.119. The number of nitrogens with one attached hydrogen (secondary N) is 2. The lowest BCUT2D eigenvalue weighted by Crippen LogP contribution is -2.40. The van der Waals surface area contributed by atoms with Crippen LogP contribution >= 0.6 is 0 Å². The fourth-order valence-electron chi connectivity index (χ4n) is 1.87. The van der Waals surface area contributed by atoms with Crippen molar-refractivity contribution in [2.45, 2.75) is 19.4 Å². The van der Waals surface area contributed by atoms with Crippen LogP contribution in [0.4, 0.5) is 4.79 Å². The van der Waals surface area contributed by atoms with Crippen LogP contribution in [0.5, 0.6) is 5.75 Å². The van der Waals surface area contributed by atoms with Crippen molar-refractivity contribution in [3.8, 4) is 5.75 Å². The predicted molar refractivity (Wildman–Crippen MR) is 80.7 cm³/mol. The average molecular weight is 310 g/mol. The molecule has 0 fully saturated rings. The zero-order valence-corrected chi connectivity index (χ0v) is 12.8. The molecule has 1 unspecified atom stereocenters. The fraction of sp³-hybridized carbons (Fsp3) is 0.467. The highest BCUT2D eigenvalue weighted by atomic mass is 16.5. The van der Waals surface area contributed by atoms with Crippen LogP contribution in [0.3, 0.4) is 0 Å². The quantitative estimate of drug-likeness (QED) is 0.648. The van der Waals surface area contributed by atoms with Gasteiger partial charge in [-0.05, 0) is 24.1 Å². The van der Waals surface area contributed by atoms with E-state index < -0.39 is 6.09 Å². The summed E-state index contributed by atoms with van der Waals surface area (Å²) in [4.78, 5) is 22.6. The minimum atomic E-state index is -0.626. The Hall–Kier alpha value is -2.28. The zero-order chi connectivity index (χ0) is 16.4. The predicted octanol–water partition coefficient (Wildman–Crippen LogP) is 0.461. The fourth-order valence-corrected chi connectivity index (χ4v) is 1.87. The van der Waals surface area contributed by atoms with Crippen LogP contribution in [-0.2, 0) is 16.0 Å². The van der Waals surface area contributed by atoms with Gasteiger partial charge >= 0.3 is 6.09 Å². The number of methoxy groups -OCH3 is 1. The second kappa shape index (κ2) is 9.62. The molecule has 3 N–H and O–H groups in total. The van der Waals surface area contributed by atoms with Crippen LogP contribution in [0.2, 0.25) is 0 Å². The van der Waals surface area contributed by atoms with E-state index in [2.05, 4.69) is 10.6 Å². The summed E-state index contributed by atoms with van der Waals surface area (Å²) in [5.74, 6) is 0.553. The molecule has 1 aromatic rings. The number of benzene rings is 1. The van der Waals surface area contributed by atoms with E-state index in [9.17, 15) is 9.59 Å². The summed E-state index contributed by atoms with van der Waals surface area (Å²) in [6.07, 6.45) is -0.101. The molecule has 1 rings (SSSR count). The van der Waals surface area contributed by atoms with E-state index in [1.807, 2.05) is 24.3 Å². The second-order valence-corrected chi connectivity index (χ2v) is 4.70. The highest BCUT2D eigenvalue weighted by molar-refractivity contribution is 5.73. The lowest BCUT2D eigenvalue weighted by atomic mass is 10.1. The first-order valence-electron chi connectivity index (χ1n) is 6.96. The summed E-state index contributed by atoms with van der Waals surface area (Å²) in [6, 6.07) is 7.11. The van der Waals surface area contributed by atoms with Crippen molar-refractivity contribution in [1.29, 1.82) is 0 Å². The number of carbonyl (C=O) groups is 2. The molecule has 0 bridgehead atoms. The van der Waals surface area contributed by atoms with Crippen molar-refractivity contribution < 1.29 is 24.2 Å². The molecule has 22 heavy (non-hydrogen) atoms. The molecule has 0 aliphatic heterocycles. The molecule has 2 amide bonds. The van der Waals surface area contributed by atoms with Gasteiger partial charge in [-0.15, -0.1) is 0 Å². The van der Waals surface area contributed by atoms with Gasteiger partial charge in [-0.1, -0.05) is 12.1 Å². The van der Waals surface area contributed by atoms with Crippen LogP contribution in [0, 0.1) is 0 Å². The van der Waals surface area contributed by atoms with Crippen molar-refractivity contribution in [3.63, 3.8) is 0 Å². The summed E-state index contributed by atoms with van der Waals surface area (Å²) in [6.45, 7) is 1.42. The monoisotopic (exact) mass is 310 g/mol. The van der Waals surface area contributed by atoms with Gasteiger partial charge < -0.3 is 25.2 Å². The van der Waals surface area contributed by atoms with E-state index in [1.165, 1.54) is 6.92 Å². The molecule has 0 saturated carbocycles. The Labute approximate surface area is 129 Å². The first-order chi connectivity index (χ1) is 10.5. The first kappa shape index (κ1) is 17.8. The topological polar surface area (TPSA) is 96.9 Å². The van der Waals surface area contributed by atoms with E-state index in [4.69, 9.17) is 14.6 Å². The molecule has 0 radical (unpaired) electrons. The first-order valence-corrected chi connectivity index (χ1v) is 6.96. The Bertz CT molecular complexity index is 475. The number of alkyl carbamates (subject to hydrolysis) is 1. The molecule has 0 saturated heterocycles. The Morgan fingerprint density at radius 2 is 1.95 bits per heavy atom. The zero-order valence-electron chi connectivity index (χ0n) is 12.8. The molecule has 7 nitrogen and oxygen atoms in total.